The summed E-state index contributed by atoms with van der Waals surface area (Å²) in [4.78, 5) is 44.8. The summed E-state index contributed by atoms with van der Waals surface area (Å²) >= 11 is 0. The van der Waals surface area contributed by atoms with E-state index in [9.17, 15) is 45.5 Å². The molecule has 21 heteroatoms. The molecule has 0 bridgehead atoms. The van der Waals surface area contributed by atoms with Crippen molar-refractivity contribution >= 4 is 29.7 Å². The first-order chi connectivity index (χ1) is 20.7. The highest BCUT2D eigenvalue weighted by molar-refractivity contribution is 6.00. The zero-order valence-corrected chi connectivity index (χ0v) is 21.8. The number of esters is 2. The van der Waals surface area contributed by atoms with Crippen LogP contribution in [-0.4, -0.2) is 67.6 Å². The summed E-state index contributed by atoms with van der Waals surface area (Å²) < 4.78 is 74.5. The van der Waals surface area contributed by atoms with E-state index in [2.05, 4.69) is 20.0 Å². The maximum atomic E-state index is 11.2. The van der Waals surface area contributed by atoms with Crippen molar-refractivity contribution in [2.24, 2.45) is 10.9 Å². The number of oxime groups is 1. The molecule has 0 atom stereocenters. The fourth-order valence-corrected chi connectivity index (χ4v) is 2.58. The van der Waals surface area contributed by atoms with Gasteiger partial charge in [0.1, 0.15) is 0 Å². The van der Waals surface area contributed by atoms with Crippen LogP contribution in [0.25, 0.3) is 11.4 Å². The zero-order valence-electron chi connectivity index (χ0n) is 21.8. The van der Waals surface area contributed by atoms with Gasteiger partial charge < -0.3 is 30.4 Å². The summed E-state index contributed by atoms with van der Waals surface area (Å²) in [5.74, 6) is -8.29. The molecule has 1 aromatic heterocycles. The quantitative estimate of drug-likeness (QED) is 0.0605. The molecule has 1 heterocycles. The predicted octanol–water partition coefficient (Wildman–Crippen LogP) is 3.15. The molecule has 0 radical (unpaired) electrons. The number of benzene rings is 2. The van der Waals surface area contributed by atoms with Gasteiger partial charge >= 0.3 is 36.2 Å². The van der Waals surface area contributed by atoms with E-state index in [1.165, 1.54) is 36.4 Å². The molecule has 0 aliphatic heterocycles. The van der Waals surface area contributed by atoms with Gasteiger partial charge in [-0.1, -0.05) is 10.3 Å². The van der Waals surface area contributed by atoms with Crippen LogP contribution < -0.4 is 5.73 Å². The summed E-state index contributed by atoms with van der Waals surface area (Å²) in [7, 11) is 0. The number of hydrogen-bond donors (Lipinski definition) is 4. The van der Waals surface area contributed by atoms with Crippen molar-refractivity contribution < 1.29 is 70.2 Å². The number of nitrogens with two attached hydrogens (primary N) is 1. The predicted molar refractivity (Wildman–Crippen MR) is 130 cm³/mol. The molecule has 3 rings (SSSR count). The van der Waals surface area contributed by atoms with Crippen LogP contribution in [0, 0.1) is 29.6 Å². The van der Waals surface area contributed by atoms with Gasteiger partial charge in [0, 0.05) is 18.1 Å². The lowest BCUT2D eigenvalue weighted by atomic mass is 10.1. The van der Waals surface area contributed by atoms with Gasteiger partial charge in [-0.2, -0.15) is 41.9 Å². The Labute approximate surface area is 245 Å². The molecule has 0 aliphatic rings. The van der Waals surface area contributed by atoms with E-state index in [1.807, 2.05) is 6.07 Å². The molecule has 0 spiro atoms. The highest BCUT2D eigenvalue weighted by Crippen LogP contribution is 2.22. The van der Waals surface area contributed by atoms with Crippen molar-refractivity contribution in [3.8, 4) is 23.5 Å². The first kappa shape index (κ1) is 36.5. The monoisotopic (exact) mass is 644 g/mol. The number of aromatic nitrogens is 2. The Morgan fingerprint density at radius 1 is 0.844 bits per heavy atom. The maximum Gasteiger partial charge on any atom is 0.491 e. The summed E-state index contributed by atoms with van der Waals surface area (Å²) in [5.41, 5.74) is 6.22. The van der Waals surface area contributed by atoms with Gasteiger partial charge in [-0.25, -0.2) is 19.2 Å². The number of ether oxygens (including phenoxy) is 1. The van der Waals surface area contributed by atoms with E-state index in [-0.39, 0.29) is 39.5 Å². The number of carboxylic acid groups (broad SMARTS) is 2. The number of amidine groups is 1. The fraction of sp³-hybridized carbons (Fsp3) is 0.125. The Bertz CT molecular complexity index is 1700. The van der Waals surface area contributed by atoms with Crippen molar-refractivity contribution in [1.82, 2.24) is 10.1 Å². The first-order valence-electron chi connectivity index (χ1n) is 11.0. The molecule has 15 nitrogen and oxygen atoms in total. The van der Waals surface area contributed by atoms with E-state index in [0.29, 0.717) is 11.5 Å². The van der Waals surface area contributed by atoms with Crippen LogP contribution >= 0.6 is 0 Å². The van der Waals surface area contributed by atoms with Crippen LogP contribution in [0.2, 0.25) is 0 Å². The largest absolute Gasteiger partial charge is 0.491 e. The lowest BCUT2D eigenvalue weighted by Crippen LogP contribution is -2.34. The van der Waals surface area contributed by atoms with E-state index in [1.54, 1.807) is 13.0 Å². The molecule has 3 aromatic rings. The van der Waals surface area contributed by atoms with Crippen molar-refractivity contribution in [3.05, 3.63) is 70.1 Å². The molecule has 2 aromatic carbocycles. The second-order valence-corrected chi connectivity index (χ2v) is 7.73. The Morgan fingerprint density at radius 3 is 1.67 bits per heavy atom. The lowest BCUT2D eigenvalue weighted by Gasteiger charge is -2.06. The van der Waals surface area contributed by atoms with Gasteiger partial charge in [-0.05, 0) is 36.4 Å². The maximum absolute atomic E-state index is 11.2. The Kier molecular flexibility index (Phi) is 12.3. The Hall–Kier alpha value is -6.51. The molecular formula is C24H14F6N6O9. The highest BCUT2D eigenvalue weighted by atomic mass is 19.4. The van der Waals surface area contributed by atoms with E-state index < -0.39 is 36.2 Å². The molecule has 0 fully saturated rings. The molecule has 5 N–H and O–H groups in total. The van der Waals surface area contributed by atoms with Gasteiger partial charge in [0.2, 0.25) is 11.7 Å². The third-order valence-electron chi connectivity index (χ3n) is 4.46. The van der Waals surface area contributed by atoms with Gasteiger partial charge in [0.15, 0.2) is 5.84 Å². The van der Waals surface area contributed by atoms with Gasteiger partial charge in [0.25, 0.3) is 0 Å². The van der Waals surface area contributed by atoms with E-state index in [4.69, 9.17) is 36.2 Å². The van der Waals surface area contributed by atoms with Crippen LogP contribution in [0.15, 0.2) is 46.1 Å². The molecule has 45 heavy (non-hydrogen) atoms. The summed E-state index contributed by atoms with van der Waals surface area (Å²) in [5, 5.41) is 49.9. The van der Waals surface area contributed by atoms with E-state index in [0.717, 1.165) is 0 Å². The number of carboxylic acids is 2. The number of carbonyl (C=O) groups is 4. The van der Waals surface area contributed by atoms with Crippen LogP contribution in [-0.2, 0) is 14.3 Å². The minimum atomic E-state index is -5.62. The standard InChI is InChI=1S/C11H7N3O3.C9H7N3O3.C4F6O3/c1-6-13-10(14-17-6)8-2-7(5-12)3-9(4-8)11(15)16;10-4-5-1-6(8(11)12-15)3-7(2-5)9(13)14;5-3(6,7)1(11)13-2(12)4(8,9)10/h2-4H,1H3,(H,15,16);1-3,15H,(H2,11,12)(H,13,14);. The van der Waals surface area contributed by atoms with Crippen LogP contribution in [0.5, 0.6) is 0 Å². The second-order valence-electron chi connectivity index (χ2n) is 7.73. The average Bonchev–Trinajstić information content (AvgIpc) is 3.41. The van der Waals surface area contributed by atoms with Crippen LogP contribution in [0.1, 0.15) is 43.3 Å². The van der Waals surface area contributed by atoms with Gasteiger partial charge in [0.05, 0.1) is 34.4 Å². The van der Waals surface area contributed by atoms with Crippen molar-refractivity contribution in [2.45, 2.75) is 19.3 Å². The van der Waals surface area contributed by atoms with Gasteiger partial charge in [-0.15, -0.1) is 0 Å². The molecule has 0 saturated heterocycles. The van der Waals surface area contributed by atoms with Crippen molar-refractivity contribution in [3.63, 3.8) is 0 Å². The summed E-state index contributed by atoms with van der Waals surface area (Å²) in [6, 6.07) is 11.6. The normalized spacial score (nSPS) is 10.9. The van der Waals surface area contributed by atoms with E-state index >= 15 is 0 Å². The smallest absolute Gasteiger partial charge is 0.478 e. The van der Waals surface area contributed by atoms with Gasteiger partial charge in [-0.3, -0.25) is 0 Å². The van der Waals surface area contributed by atoms with Crippen LogP contribution in [0.3, 0.4) is 0 Å². The number of halogens is 6. The number of nitrogens with zero attached hydrogens (tertiary/aromatic N) is 5. The number of rotatable bonds is 4. The highest BCUT2D eigenvalue weighted by Gasteiger charge is 2.49. The third-order valence-corrected chi connectivity index (χ3v) is 4.46. The SMILES string of the molecule is Cc1nc(-c2cc(C#N)cc(C(=O)O)c2)no1.N#Cc1cc(C(=O)O)cc(/C(N)=N/O)c1.O=C(OC(=O)C(F)(F)F)C(F)(F)F. The fourth-order valence-electron chi connectivity index (χ4n) is 2.58. The minimum absolute atomic E-state index is 0.0153. The third kappa shape index (κ3) is 11.4. The molecular weight excluding hydrogens is 630 g/mol. The Morgan fingerprint density at radius 2 is 1.29 bits per heavy atom. The Balaban J connectivity index is 0.000000342. The number of alkyl halides is 6. The number of aromatic carboxylic acids is 2. The molecule has 0 unspecified atom stereocenters. The number of hydrogen-bond acceptors (Lipinski definition) is 12. The molecule has 0 aliphatic carbocycles. The summed E-state index contributed by atoms with van der Waals surface area (Å²) in [6.45, 7) is 1.63. The van der Waals surface area contributed by atoms with Crippen molar-refractivity contribution in [1.29, 1.82) is 10.5 Å². The van der Waals surface area contributed by atoms with Crippen molar-refractivity contribution in [2.75, 3.05) is 0 Å². The topological polar surface area (TPSA) is 263 Å². The number of nitriles is 2. The number of carbonyl (C=O) groups excluding carboxylic acids is 2. The average molecular weight is 644 g/mol. The lowest BCUT2D eigenvalue weighted by molar-refractivity contribution is -0.221. The second kappa shape index (κ2) is 15.1. The molecule has 0 amide bonds. The first-order valence-corrected chi connectivity index (χ1v) is 11.0. The van der Waals surface area contributed by atoms with Crippen LogP contribution in [0.4, 0.5) is 26.3 Å². The molecule has 236 valence electrons. The number of aryl methyl sites for hydroxylation is 1. The summed E-state index contributed by atoms with van der Waals surface area (Å²) in [6.07, 6.45) is -11.2. The minimum Gasteiger partial charge on any atom is -0.478 e. The zero-order chi connectivity index (χ0) is 34.7. The molecule has 0 saturated carbocycles.